The van der Waals surface area contributed by atoms with E-state index in [1.54, 1.807) is 37.5 Å². The Bertz CT molecular complexity index is 1320. The number of amides is 2. The smallest absolute Gasteiger partial charge is 0.269 e. The second-order valence-electron chi connectivity index (χ2n) is 7.50. The Kier molecular flexibility index (Phi) is 6.17. The van der Waals surface area contributed by atoms with Gasteiger partial charge in [0.05, 0.1) is 11.9 Å². The molecule has 4 aromatic rings. The van der Waals surface area contributed by atoms with Crippen LogP contribution in [0.15, 0.2) is 73.1 Å². The van der Waals surface area contributed by atoms with Crippen LogP contribution >= 0.6 is 0 Å². The van der Waals surface area contributed by atoms with Crippen LogP contribution in [0.5, 0.6) is 11.5 Å². The molecule has 0 atom stereocenters. The van der Waals surface area contributed by atoms with Crippen LogP contribution in [-0.4, -0.2) is 42.9 Å². The molecule has 0 saturated carbocycles. The molecule has 2 amide bonds. The van der Waals surface area contributed by atoms with Crippen LogP contribution in [0.4, 0.5) is 11.5 Å². The zero-order chi connectivity index (χ0) is 23.4. The van der Waals surface area contributed by atoms with E-state index < -0.39 is 0 Å². The highest BCUT2D eigenvalue weighted by molar-refractivity contribution is 6.13. The van der Waals surface area contributed by atoms with Crippen LogP contribution < -0.4 is 20.3 Å². The highest BCUT2D eigenvalue weighted by Gasteiger charge is 2.12. The molecule has 8 nitrogen and oxygen atoms in total. The summed E-state index contributed by atoms with van der Waals surface area (Å²) in [5.74, 6) is 1.37. The number of fused-ring (bicyclic) bond motifs is 1. The highest BCUT2D eigenvalue weighted by Crippen LogP contribution is 2.28. The van der Waals surface area contributed by atoms with Crippen LogP contribution in [0, 0.1) is 0 Å². The van der Waals surface area contributed by atoms with Gasteiger partial charge >= 0.3 is 0 Å². The minimum absolute atomic E-state index is 0.224. The number of carbonyl (C=O) groups is 2. The average molecular weight is 441 g/mol. The van der Waals surface area contributed by atoms with Crippen molar-refractivity contribution in [2.75, 3.05) is 31.4 Å². The second-order valence-corrected chi connectivity index (χ2v) is 7.50. The van der Waals surface area contributed by atoms with Gasteiger partial charge in [0.2, 0.25) is 0 Å². The molecule has 4 rings (SSSR count). The van der Waals surface area contributed by atoms with Crippen molar-refractivity contribution in [3.05, 3.63) is 84.3 Å². The molecule has 0 saturated heterocycles. The Balaban J connectivity index is 1.56. The number of carbonyl (C=O) groups excluding carboxylic acids is 2. The second kappa shape index (κ2) is 9.35. The van der Waals surface area contributed by atoms with Gasteiger partial charge in [-0.25, -0.2) is 4.98 Å². The maximum atomic E-state index is 12.9. The first kappa shape index (κ1) is 21.8. The molecule has 33 heavy (non-hydrogen) atoms. The van der Waals surface area contributed by atoms with Gasteiger partial charge in [-0.3, -0.25) is 14.6 Å². The molecule has 166 valence electrons. The number of rotatable bonds is 6. The summed E-state index contributed by atoms with van der Waals surface area (Å²) in [5, 5.41) is 7.08. The van der Waals surface area contributed by atoms with Crippen LogP contribution in [0.1, 0.15) is 20.8 Å². The Morgan fingerprint density at radius 1 is 0.909 bits per heavy atom. The fourth-order valence-corrected chi connectivity index (χ4v) is 3.31. The number of benzene rings is 2. The van der Waals surface area contributed by atoms with Crippen molar-refractivity contribution in [1.82, 2.24) is 15.3 Å². The Hall–Kier alpha value is -4.46. The van der Waals surface area contributed by atoms with Crippen LogP contribution in [-0.2, 0) is 0 Å². The first-order valence-electron chi connectivity index (χ1n) is 10.3. The molecule has 0 radical (unpaired) electrons. The summed E-state index contributed by atoms with van der Waals surface area (Å²) in [6.07, 6.45) is 3.15. The van der Waals surface area contributed by atoms with E-state index in [-0.39, 0.29) is 17.5 Å². The van der Waals surface area contributed by atoms with Crippen LogP contribution in [0.3, 0.4) is 0 Å². The predicted molar refractivity (Wildman–Crippen MR) is 128 cm³/mol. The molecule has 2 N–H and O–H groups in total. The average Bonchev–Trinajstić information content (AvgIpc) is 2.83. The van der Waals surface area contributed by atoms with Crippen molar-refractivity contribution < 1.29 is 14.3 Å². The van der Waals surface area contributed by atoms with Crippen LogP contribution in [0.25, 0.3) is 10.8 Å². The van der Waals surface area contributed by atoms with Crippen LogP contribution in [0.2, 0.25) is 0 Å². The molecule has 2 aromatic heterocycles. The summed E-state index contributed by atoms with van der Waals surface area (Å²) >= 11 is 0. The Morgan fingerprint density at radius 2 is 1.73 bits per heavy atom. The van der Waals surface area contributed by atoms with E-state index in [4.69, 9.17) is 4.74 Å². The van der Waals surface area contributed by atoms with Crippen molar-refractivity contribution in [1.29, 1.82) is 0 Å². The topological polar surface area (TPSA) is 96.4 Å². The van der Waals surface area contributed by atoms with Crippen molar-refractivity contribution >= 4 is 34.1 Å². The third kappa shape index (κ3) is 4.90. The van der Waals surface area contributed by atoms with E-state index in [2.05, 4.69) is 20.6 Å². The zero-order valence-corrected chi connectivity index (χ0v) is 18.5. The summed E-state index contributed by atoms with van der Waals surface area (Å²) in [4.78, 5) is 35.0. The number of nitrogens with zero attached hydrogens (tertiary/aromatic N) is 3. The predicted octanol–water partition coefficient (Wildman–Crippen LogP) is 4.10. The standard InChI is InChI=1S/C25H23N5O3/c1-26-25(32)22-14-19(11-12-27-22)33-18-8-9-20-16(13-18)5-4-6-21(20)24(31)29-17-7-10-23(28-15-17)30(2)3/h4-15H,1-3H3,(H,26,32)(H,29,31). The van der Waals surface area contributed by atoms with Gasteiger partial charge in [-0.2, -0.15) is 0 Å². The Morgan fingerprint density at radius 3 is 2.45 bits per heavy atom. The molecular weight excluding hydrogens is 418 g/mol. The lowest BCUT2D eigenvalue weighted by atomic mass is 10.0. The lowest BCUT2D eigenvalue weighted by Crippen LogP contribution is -2.18. The normalized spacial score (nSPS) is 10.5. The fraction of sp³-hybridized carbons (Fsp3) is 0.120. The van der Waals surface area contributed by atoms with Gasteiger partial charge in [0, 0.05) is 39.0 Å². The van der Waals surface area contributed by atoms with E-state index in [9.17, 15) is 9.59 Å². The number of aromatic nitrogens is 2. The van der Waals surface area contributed by atoms with Gasteiger partial charge in [-0.05, 0) is 53.2 Å². The molecule has 0 fully saturated rings. The fourth-order valence-electron chi connectivity index (χ4n) is 3.31. The lowest BCUT2D eigenvalue weighted by molar-refractivity contribution is 0.0957. The monoisotopic (exact) mass is 441 g/mol. The minimum Gasteiger partial charge on any atom is -0.457 e. The number of anilines is 2. The highest BCUT2D eigenvalue weighted by atomic mass is 16.5. The van der Waals surface area contributed by atoms with Crippen molar-refractivity contribution in [3.8, 4) is 11.5 Å². The summed E-state index contributed by atoms with van der Waals surface area (Å²) in [6, 6.07) is 17.9. The lowest BCUT2D eigenvalue weighted by Gasteiger charge is -2.12. The van der Waals surface area contributed by atoms with Gasteiger partial charge in [0.15, 0.2) is 0 Å². The summed E-state index contributed by atoms with van der Waals surface area (Å²) < 4.78 is 5.92. The number of hydrogen-bond donors (Lipinski definition) is 2. The first-order valence-corrected chi connectivity index (χ1v) is 10.3. The van der Waals surface area contributed by atoms with Gasteiger partial charge in [-0.15, -0.1) is 0 Å². The van der Waals surface area contributed by atoms with E-state index in [1.165, 1.54) is 6.20 Å². The maximum Gasteiger partial charge on any atom is 0.269 e. The molecular formula is C25H23N5O3. The van der Waals surface area contributed by atoms with Gasteiger partial charge < -0.3 is 20.3 Å². The molecule has 0 aliphatic carbocycles. The van der Waals surface area contributed by atoms with Gasteiger partial charge in [0.25, 0.3) is 11.8 Å². The molecule has 8 heteroatoms. The van der Waals surface area contributed by atoms with E-state index in [0.717, 1.165) is 16.6 Å². The summed E-state index contributed by atoms with van der Waals surface area (Å²) in [7, 11) is 5.36. The maximum absolute atomic E-state index is 12.9. The number of hydrogen-bond acceptors (Lipinski definition) is 6. The quantitative estimate of drug-likeness (QED) is 0.468. The van der Waals surface area contributed by atoms with Crippen molar-refractivity contribution in [3.63, 3.8) is 0 Å². The third-order valence-electron chi connectivity index (χ3n) is 4.99. The SMILES string of the molecule is CNC(=O)c1cc(Oc2ccc3c(C(=O)Nc4ccc(N(C)C)nc4)cccc3c2)ccn1. The van der Waals surface area contributed by atoms with Gasteiger partial charge in [0.1, 0.15) is 23.0 Å². The Labute approximate surface area is 191 Å². The molecule has 0 aliphatic rings. The van der Waals surface area contributed by atoms with E-state index in [0.29, 0.717) is 22.7 Å². The molecule has 0 aliphatic heterocycles. The molecule has 2 aromatic carbocycles. The largest absolute Gasteiger partial charge is 0.457 e. The number of ether oxygens (including phenoxy) is 1. The molecule has 0 unspecified atom stereocenters. The number of pyridine rings is 2. The third-order valence-corrected chi connectivity index (χ3v) is 4.99. The summed E-state index contributed by atoms with van der Waals surface area (Å²) in [6.45, 7) is 0. The van der Waals surface area contributed by atoms with Crippen molar-refractivity contribution in [2.45, 2.75) is 0 Å². The summed E-state index contributed by atoms with van der Waals surface area (Å²) in [5.41, 5.74) is 1.43. The van der Waals surface area contributed by atoms with E-state index >= 15 is 0 Å². The van der Waals surface area contributed by atoms with Crippen molar-refractivity contribution in [2.24, 2.45) is 0 Å². The number of nitrogens with one attached hydrogen (secondary N) is 2. The first-order chi connectivity index (χ1) is 15.9. The zero-order valence-electron chi connectivity index (χ0n) is 18.5. The van der Waals surface area contributed by atoms with E-state index in [1.807, 2.05) is 55.4 Å². The molecule has 2 heterocycles. The molecule has 0 spiro atoms. The molecule has 0 bridgehead atoms. The minimum atomic E-state index is -0.291. The van der Waals surface area contributed by atoms with Gasteiger partial charge in [-0.1, -0.05) is 12.1 Å².